The van der Waals surface area contributed by atoms with E-state index in [2.05, 4.69) is 15.2 Å². The lowest BCUT2D eigenvalue weighted by Gasteiger charge is -2.13. The summed E-state index contributed by atoms with van der Waals surface area (Å²) in [6.07, 6.45) is 0.468. The van der Waals surface area contributed by atoms with Crippen molar-refractivity contribution in [3.8, 4) is 22.9 Å². The van der Waals surface area contributed by atoms with Crippen LogP contribution in [0.25, 0.3) is 11.4 Å². The molecule has 2 aromatic rings. The number of rotatable bonds is 7. The normalized spacial score (nSPS) is 10.4. The van der Waals surface area contributed by atoms with Crippen molar-refractivity contribution in [2.24, 2.45) is 0 Å². The molecule has 8 nitrogen and oxygen atoms in total. The zero-order valence-corrected chi connectivity index (χ0v) is 14.8. The third-order valence-electron chi connectivity index (χ3n) is 3.90. The largest absolute Gasteiger partial charge is 0.493 e. The molecule has 0 unspecified atom stereocenters. The summed E-state index contributed by atoms with van der Waals surface area (Å²) in [5.41, 5.74) is 0.532. The van der Waals surface area contributed by atoms with Gasteiger partial charge in [0.1, 0.15) is 5.69 Å². The first-order chi connectivity index (χ1) is 12.0. The maximum atomic E-state index is 12.2. The molecule has 0 atom stereocenters. The van der Waals surface area contributed by atoms with Gasteiger partial charge in [0, 0.05) is 32.0 Å². The van der Waals surface area contributed by atoms with Crippen LogP contribution in [0, 0.1) is 0 Å². The summed E-state index contributed by atoms with van der Waals surface area (Å²) >= 11 is 0. The number of carbonyl (C=O) groups excluding carboxylic acids is 1. The molecule has 0 saturated heterocycles. The van der Waals surface area contributed by atoms with Gasteiger partial charge in [0.15, 0.2) is 17.3 Å². The summed E-state index contributed by atoms with van der Waals surface area (Å²) in [5.74, 6) is 1.40. The number of ether oxygens (including phenoxy) is 2. The Balaban J connectivity index is 2.19. The second kappa shape index (κ2) is 8.27. The zero-order valence-electron chi connectivity index (χ0n) is 14.8. The number of methoxy groups -OCH3 is 2. The van der Waals surface area contributed by atoms with Gasteiger partial charge in [-0.1, -0.05) is 0 Å². The van der Waals surface area contributed by atoms with Gasteiger partial charge in [0.2, 0.25) is 5.91 Å². The molecular weight excluding hydrogens is 324 g/mol. The molecule has 2 rings (SSSR count). The van der Waals surface area contributed by atoms with E-state index in [0.29, 0.717) is 29.4 Å². The van der Waals surface area contributed by atoms with Crippen molar-refractivity contribution in [2.45, 2.75) is 19.8 Å². The van der Waals surface area contributed by atoms with Gasteiger partial charge in [-0.2, -0.15) is 0 Å². The van der Waals surface area contributed by atoms with Crippen LogP contribution in [0.3, 0.4) is 0 Å². The van der Waals surface area contributed by atoms with Gasteiger partial charge >= 0.3 is 0 Å². The van der Waals surface area contributed by atoms with Gasteiger partial charge in [-0.3, -0.25) is 9.59 Å². The molecule has 25 heavy (non-hydrogen) atoms. The van der Waals surface area contributed by atoms with Crippen LogP contribution in [0.4, 0.5) is 0 Å². The SMILES string of the molecule is CCN(C)C(=O)CCc1nnc(-c2ccc(OC)c(OC)c2)[nH]c1=O. The highest BCUT2D eigenvalue weighted by Crippen LogP contribution is 2.30. The molecule has 0 aliphatic rings. The van der Waals surface area contributed by atoms with Crippen molar-refractivity contribution < 1.29 is 14.3 Å². The molecule has 0 spiro atoms. The molecule has 1 N–H and O–H groups in total. The number of aryl methyl sites for hydroxylation is 1. The van der Waals surface area contributed by atoms with E-state index in [4.69, 9.17) is 9.47 Å². The van der Waals surface area contributed by atoms with Crippen molar-refractivity contribution in [3.63, 3.8) is 0 Å². The Labute approximate surface area is 145 Å². The van der Waals surface area contributed by atoms with E-state index in [0.717, 1.165) is 0 Å². The van der Waals surface area contributed by atoms with Crippen molar-refractivity contribution >= 4 is 5.91 Å². The van der Waals surface area contributed by atoms with Crippen LogP contribution in [0.1, 0.15) is 19.0 Å². The Morgan fingerprint density at radius 2 is 1.92 bits per heavy atom. The molecule has 1 aromatic carbocycles. The van der Waals surface area contributed by atoms with E-state index in [-0.39, 0.29) is 30.0 Å². The van der Waals surface area contributed by atoms with Crippen molar-refractivity contribution in [1.82, 2.24) is 20.1 Å². The van der Waals surface area contributed by atoms with Crippen LogP contribution < -0.4 is 15.0 Å². The third kappa shape index (κ3) is 4.34. The molecule has 0 aliphatic carbocycles. The number of amides is 1. The monoisotopic (exact) mass is 346 g/mol. The van der Waals surface area contributed by atoms with Gasteiger partial charge in [0.05, 0.1) is 14.2 Å². The number of aromatic amines is 1. The molecule has 134 valence electrons. The smallest absolute Gasteiger partial charge is 0.273 e. The van der Waals surface area contributed by atoms with Crippen molar-refractivity contribution in [2.75, 3.05) is 27.8 Å². The van der Waals surface area contributed by atoms with E-state index in [9.17, 15) is 9.59 Å². The lowest BCUT2D eigenvalue weighted by atomic mass is 10.2. The standard InChI is InChI=1S/C17H22N4O4/c1-5-21(2)15(22)9-7-12-17(23)18-16(20-19-12)11-6-8-13(24-3)14(10-11)25-4/h6,8,10H,5,7,9H2,1-4H3,(H,18,20,23). The van der Waals surface area contributed by atoms with E-state index >= 15 is 0 Å². The van der Waals surface area contributed by atoms with E-state index in [1.54, 1.807) is 37.3 Å². The minimum atomic E-state index is -0.355. The summed E-state index contributed by atoms with van der Waals surface area (Å²) in [6, 6.07) is 5.18. The topological polar surface area (TPSA) is 97.4 Å². The molecule has 1 aromatic heterocycles. The summed E-state index contributed by atoms with van der Waals surface area (Å²) in [5, 5.41) is 8.03. The Morgan fingerprint density at radius 1 is 1.20 bits per heavy atom. The highest BCUT2D eigenvalue weighted by Gasteiger charge is 2.13. The van der Waals surface area contributed by atoms with Gasteiger partial charge in [0.25, 0.3) is 5.56 Å². The lowest BCUT2D eigenvalue weighted by molar-refractivity contribution is -0.129. The first-order valence-corrected chi connectivity index (χ1v) is 7.92. The number of hydrogen-bond donors (Lipinski definition) is 1. The predicted octanol–water partition coefficient (Wildman–Crippen LogP) is 1.26. The van der Waals surface area contributed by atoms with Crippen LogP contribution >= 0.6 is 0 Å². The van der Waals surface area contributed by atoms with E-state index < -0.39 is 0 Å². The maximum absolute atomic E-state index is 12.2. The number of carbonyl (C=O) groups is 1. The van der Waals surface area contributed by atoms with Gasteiger partial charge in [-0.25, -0.2) is 0 Å². The first-order valence-electron chi connectivity index (χ1n) is 7.92. The zero-order chi connectivity index (χ0) is 18.4. The number of nitrogens with one attached hydrogen (secondary N) is 1. The minimum absolute atomic E-state index is 0.0346. The molecule has 0 radical (unpaired) electrons. The minimum Gasteiger partial charge on any atom is -0.493 e. The predicted molar refractivity (Wildman–Crippen MR) is 92.8 cm³/mol. The number of hydrogen-bond acceptors (Lipinski definition) is 6. The summed E-state index contributed by atoms with van der Waals surface area (Å²) in [4.78, 5) is 28.3. The first kappa shape index (κ1) is 18.4. The summed E-state index contributed by atoms with van der Waals surface area (Å²) < 4.78 is 10.4. The Kier molecular flexibility index (Phi) is 6.10. The quantitative estimate of drug-likeness (QED) is 0.810. The van der Waals surface area contributed by atoms with Crippen LogP contribution in [0.15, 0.2) is 23.0 Å². The Bertz CT molecular complexity index is 803. The molecule has 0 fully saturated rings. The molecule has 8 heteroatoms. The number of nitrogens with zero attached hydrogens (tertiary/aromatic N) is 3. The average molecular weight is 346 g/mol. The lowest BCUT2D eigenvalue weighted by Crippen LogP contribution is -2.27. The van der Waals surface area contributed by atoms with Crippen LogP contribution in [-0.2, 0) is 11.2 Å². The molecule has 0 bridgehead atoms. The number of aromatic nitrogens is 3. The average Bonchev–Trinajstić information content (AvgIpc) is 2.65. The molecule has 0 aliphatic heterocycles. The van der Waals surface area contributed by atoms with Gasteiger partial charge in [-0.15, -0.1) is 10.2 Å². The molecule has 1 amide bonds. The molecule has 0 saturated carbocycles. The van der Waals surface area contributed by atoms with Crippen molar-refractivity contribution in [3.05, 3.63) is 34.2 Å². The fraction of sp³-hybridized carbons (Fsp3) is 0.412. The summed E-state index contributed by atoms with van der Waals surface area (Å²) in [6.45, 7) is 2.52. The second-order valence-corrected chi connectivity index (χ2v) is 5.43. The van der Waals surface area contributed by atoms with E-state index in [1.165, 1.54) is 7.11 Å². The fourth-order valence-electron chi connectivity index (χ4n) is 2.23. The second-order valence-electron chi connectivity index (χ2n) is 5.43. The highest BCUT2D eigenvalue weighted by molar-refractivity contribution is 5.76. The highest BCUT2D eigenvalue weighted by atomic mass is 16.5. The van der Waals surface area contributed by atoms with Crippen molar-refractivity contribution in [1.29, 1.82) is 0 Å². The van der Waals surface area contributed by atoms with Crippen LogP contribution in [0.5, 0.6) is 11.5 Å². The Hall–Kier alpha value is -2.90. The van der Waals surface area contributed by atoms with Gasteiger partial charge < -0.3 is 19.4 Å². The van der Waals surface area contributed by atoms with E-state index in [1.807, 2.05) is 6.92 Å². The third-order valence-corrected chi connectivity index (χ3v) is 3.90. The Morgan fingerprint density at radius 3 is 2.52 bits per heavy atom. The van der Waals surface area contributed by atoms with Gasteiger partial charge in [-0.05, 0) is 25.1 Å². The fourth-order valence-corrected chi connectivity index (χ4v) is 2.23. The maximum Gasteiger partial charge on any atom is 0.273 e. The van der Waals surface area contributed by atoms with Crippen LogP contribution in [0.2, 0.25) is 0 Å². The number of H-pyrrole nitrogens is 1. The molecule has 1 heterocycles. The summed E-state index contributed by atoms with van der Waals surface area (Å²) in [7, 11) is 4.80. The number of benzene rings is 1. The van der Waals surface area contributed by atoms with Crippen LogP contribution in [-0.4, -0.2) is 53.8 Å². The molecular formula is C17H22N4O4.